The number of fused-ring (bicyclic) bond motifs is 1. The number of terminal acetylenes is 1. The predicted octanol–water partition coefficient (Wildman–Crippen LogP) is 3.01. The topological polar surface area (TPSA) is 24.9 Å². The zero-order chi connectivity index (χ0) is 11.9. The van der Waals surface area contributed by atoms with E-state index in [1.807, 2.05) is 24.4 Å². The van der Waals surface area contributed by atoms with Crippen LogP contribution in [0.15, 0.2) is 36.5 Å². The van der Waals surface area contributed by atoms with Gasteiger partial charge in [0.15, 0.2) is 0 Å². The number of rotatable bonds is 5. The number of anilines is 1. The third-order valence-corrected chi connectivity index (χ3v) is 3.26. The first-order valence-electron chi connectivity index (χ1n) is 5.50. The Morgan fingerprint density at radius 2 is 2.18 bits per heavy atom. The van der Waals surface area contributed by atoms with E-state index >= 15 is 0 Å². The van der Waals surface area contributed by atoms with E-state index in [1.165, 1.54) is 5.39 Å². The zero-order valence-corrected chi connectivity index (χ0v) is 10.3. The fraction of sp³-hybridized carbons (Fsp3) is 0.214. The molecule has 1 heterocycles. The Hall–Kier alpha value is -1.66. The van der Waals surface area contributed by atoms with Crippen molar-refractivity contribution in [3.63, 3.8) is 0 Å². The summed E-state index contributed by atoms with van der Waals surface area (Å²) in [5.41, 5.74) is 0. The highest BCUT2D eigenvalue weighted by Crippen LogP contribution is 2.20. The van der Waals surface area contributed by atoms with Gasteiger partial charge in [-0.15, -0.1) is 18.2 Å². The van der Waals surface area contributed by atoms with E-state index in [0.29, 0.717) is 0 Å². The van der Waals surface area contributed by atoms with Gasteiger partial charge >= 0.3 is 0 Å². The molecule has 0 unspecified atom stereocenters. The first-order valence-corrected chi connectivity index (χ1v) is 6.66. The summed E-state index contributed by atoms with van der Waals surface area (Å²) >= 11 is 1.75. The zero-order valence-electron chi connectivity index (χ0n) is 9.52. The maximum Gasteiger partial charge on any atom is 0.133 e. The van der Waals surface area contributed by atoms with E-state index in [4.69, 9.17) is 6.42 Å². The fourth-order valence-corrected chi connectivity index (χ4v) is 2.14. The Morgan fingerprint density at radius 3 is 3.06 bits per heavy atom. The quantitative estimate of drug-likeness (QED) is 0.644. The highest BCUT2D eigenvalue weighted by Gasteiger charge is 1.99. The maximum atomic E-state index is 5.19. The van der Waals surface area contributed by atoms with Crippen LogP contribution in [0.1, 0.15) is 0 Å². The van der Waals surface area contributed by atoms with Crippen molar-refractivity contribution >= 4 is 28.4 Å². The predicted molar refractivity (Wildman–Crippen MR) is 76.4 cm³/mol. The molecule has 0 saturated heterocycles. The van der Waals surface area contributed by atoms with Crippen LogP contribution in [0.4, 0.5) is 5.82 Å². The lowest BCUT2D eigenvalue weighted by Gasteiger charge is -2.07. The summed E-state index contributed by atoms with van der Waals surface area (Å²) < 4.78 is 0. The molecule has 0 spiro atoms. The summed E-state index contributed by atoms with van der Waals surface area (Å²) in [5.74, 6) is 5.33. The van der Waals surface area contributed by atoms with Crippen LogP contribution in [0.25, 0.3) is 10.8 Å². The Kier molecular flexibility index (Phi) is 4.29. The molecule has 0 aliphatic carbocycles. The largest absolute Gasteiger partial charge is 0.369 e. The van der Waals surface area contributed by atoms with Gasteiger partial charge in [0.2, 0.25) is 0 Å². The van der Waals surface area contributed by atoms with Crippen LogP contribution in [-0.2, 0) is 0 Å². The molecule has 0 bridgehead atoms. The summed E-state index contributed by atoms with van der Waals surface area (Å²) in [7, 11) is 0. The second kappa shape index (κ2) is 6.17. The summed E-state index contributed by atoms with van der Waals surface area (Å²) in [6, 6.07) is 10.3. The van der Waals surface area contributed by atoms with Crippen LogP contribution >= 0.6 is 11.8 Å². The number of thioether (sulfide) groups is 1. The van der Waals surface area contributed by atoms with Crippen molar-refractivity contribution in [2.45, 2.75) is 0 Å². The maximum absolute atomic E-state index is 5.19. The number of nitrogens with zero attached hydrogens (tertiary/aromatic N) is 1. The average molecular weight is 242 g/mol. The highest BCUT2D eigenvalue weighted by atomic mass is 32.2. The standard InChI is InChI=1S/C14H14N2S/c1-2-10-17-11-9-16-14-13-6-4-3-5-12(13)7-8-15-14/h1,3-8H,9-11H2,(H,15,16). The van der Waals surface area contributed by atoms with Crippen molar-refractivity contribution in [2.24, 2.45) is 0 Å². The second-order valence-electron chi connectivity index (χ2n) is 3.56. The van der Waals surface area contributed by atoms with Gasteiger partial charge < -0.3 is 5.32 Å². The van der Waals surface area contributed by atoms with Crippen molar-refractivity contribution in [3.8, 4) is 12.3 Å². The molecule has 0 radical (unpaired) electrons. The summed E-state index contributed by atoms with van der Waals surface area (Å²) in [4.78, 5) is 4.36. The van der Waals surface area contributed by atoms with Crippen molar-refractivity contribution in [2.75, 3.05) is 23.4 Å². The minimum atomic E-state index is 0.768. The molecular weight excluding hydrogens is 228 g/mol. The lowest BCUT2D eigenvalue weighted by Crippen LogP contribution is -2.06. The van der Waals surface area contributed by atoms with Gasteiger partial charge in [0.25, 0.3) is 0 Å². The molecular formula is C14H14N2S. The van der Waals surface area contributed by atoms with Crippen molar-refractivity contribution < 1.29 is 0 Å². The minimum absolute atomic E-state index is 0.768. The summed E-state index contributed by atoms with van der Waals surface area (Å²) in [5, 5.41) is 5.72. The van der Waals surface area contributed by atoms with Crippen LogP contribution in [0.2, 0.25) is 0 Å². The number of hydrogen-bond donors (Lipinski definition) is 1. The Labute approximate surface area is 106 Å². The van der Waals surface area contributed by atoms with Gasteiger partial charge in [-0.2, -0.15) is 0 Å². The fourth-order valence-electron chi connectivity index (χ4n) is 1.63. The van der Waals surface area contributed by atoms with Gasteiger partial charge in [0.05, 0.1) is 5.75 Å². The van der Waals surface area contributed by atoms with E-state index < -0.39 is 0 Å². The van der Waals surface area contributed by atoms with Crippen molar-refractivity contribution in [3.05, 3.63) is 36.5 Å². The molecule has 1 aromatic carbocycles. The SMILES string of the molecule is C#CCSCCNc1nccc2ccccc12. The molecule has 1 N–H and O–H groups in total. The van der Waals surface area contributed by atoms with Gasteiger partial charge in [-0.3, -0.25) is 0 Å². The molecule has 3 heteroatoms. The number of pyridine rings is 1. The monoisotopic (exact) mass is 242 g/mol. The molecule has 1 aromatic heterocycles. The molecule has 0 fully saturated rings. The van der Waals surface area contributed by atoms with Gasteiger partial charge in [-0.05, 0) is 11.5 Å². The molecule has 2 nitrogen and oxygen atoms in total. The molecule has 0 atom stereocenters. The average Bonchev–Trinajstić information content (AvgIpc) is 2.39. The molecule has 0 amide bonds. The molecule has 0 aliphatic heterocycles. The molecule has 17 heavy (non-hydrogen) atoms. The van der Waals surface area contributed by atoms with Crippen LogP contribution < -0.4 is 5.32 Å². The van der Waals surface area contributed by atoms with Gasteiger partial charge in [0, 0.05) is 23.9 Å². The molecule has 2 aromatic rings. The van der Waals surface area contributed by atoms with Gasteiger partial charge in [-0.25, -0.2) is 4.98 Å². The first-order chi connectivity index (χ1) is 8.42. The number of aromatic nitrogens is 1. The molecule has 0 aliphatic rings. The molecule has 0 saturated carbocycles. The van der Waals surface area contributed by atoms with Crippen LogP contribution in [0, 0.1) is 12.3 Å². The van der Waals surface area contributed by atoms with Crippen LogP contribution in [-0.4, -0.2) is 23.0 Å². The van der Waals surface area contributed by atoms with E-state index in [9.17, 15) is 0 Å². The van der Waals surface area contributed by atoms with Crippen molar-refractivity contribution in [1.29, 1.82) is 0 Å². The Bertz CT molecular complexity index is 526. The van der Waals surface area contributed by atoms with Gasteiger partial charge in [0.1, 0.15) is 5.82 Å². The first kappa shape index (κ1) is 11.8. The van der Waals surface area contributed by atoms with E-state index in [2.05, 4.69) is 28.4 Å². The minimum Gasteiger partial charge on any atom is -0.369 e. The Balaban J connectivity index is 2.01. The van der Waals surface area contributed by atoms with Gasteiger partial charge in [-0.1, -0.05) is 30.2 Å². The lowest BCUT2D eigenvalue weighted by molar-refractivity contribution is 1.18. The highest BCUT2D eigenvalue weighted by molar-refractivity contribution is 7.99. The van der Waals surface area contributed by atoms with E-state index in [0.717, 1.165) is 29.3 Å². The normalized spacial score (nSPS) is 10.1. The number of benzene rings is 1. The van der Waals surface area contributed by atoms with Crippen molar-refractivity contribution in [1.82, 2.24) is 4.98 Å². The Morgan fingerprint density at radius 1 is 1.29 bits per heavy atom. The summed E-state index contributed by atoms with van der Waals surface area (Å²) in [6.07, 6.45) is 7.03. The lowest BCUT2D eigenvalue weighted by atomic mass is 10.1. The molecule has 2 rings (SSSR count). The number of nitrogens with one attached hydrogen (secondary N) is 1. The second-order valence-corrected chi connectivity index (χ2v) is 4.67. The van der Waals surface area contributed by atoms with E-state index in [-0.39, 0.29) is 0 Å². The van der Waals surface area contributed by atoms with Crippen LogP contribution in [0.5, 0.6) is 0 Å². The number of hydrogen-bond acceptors (Lipinski definition) is 3. The molecule has 86 valence electrons. The third kappa shape index (κ3) is 3.15. The van der Waals surface area contributed by atoms with Crippen LogP contribution in [0.3, 0.4) is 0 Å². The van der Waals surface area contributed by atoms with E-state index in [1.54, 1.807) is 11.8 Å². The summed E-state index contributed by atoms with van der Waals surface area (Å²) in [6.45, 7) is 0.882. The smallest absolute Gasteiger partial charge is 0.133 e. The third-order valence-electron chi connectivity index (χ3n) is 2.40.